The number of H-pyrrole nitrogens is 2. The van der Waals surface area contributed by atoms with Gasteiger partial charge in [0.05, 0.1) is 6.20 Å². The highest BCUT2D eigenvalue weighted by atomic mass is 16.2. The van der Waals surface area contributed by atoms with Gasteiger partial charge < -0.3 is 16.0 Å². The number of nitrogens with two attached hydrogens (primary N) is 1. The maximum absolute atomic E-state index is 11.6. The number of primary amides is 1. The summed E-state index contributed by atoms with van der Waals surface area (Å²) in [6, 6.07) is 3.30. The van der Waals surface area contributed by atoms with E-state index in [0.29, 0.717) is 5.69 Å². The quantitative estimate of drug-likeness (QED) is 0.586. The van der Waals surface area contributed by atoms with E-state index >= 15 is 0 Å². The maximum Gasteiger partial charge on any atom is 0.273 e. The highest BCUT2D eigenvalue weighted by Crippen LogP contribution is 2.10. The number of carbonyl (C=O) groups excluding carboxylic acids is 2. The topological polar surface area (TPSA) is 117 Å². The average molecular weight is 219 g/mol. The van der Waals surface area contributed by atoms with Crippen LogP contribution in [-0.2, 0) is 0 Å². The van der Waals surface area contributed by atoms with Crippen molar-refractivity contribution in [3.63, 3.8) is 0 Å². The molecule has 0 spiro atoms. The first kappa shape index (κ1) is 9.97. The predicted molar refractivity (Wildman–Crippen MR) is 55.9 cm³/mol. The van der Waals surface area contributed by atoms with Gasteiger partial charge in [0.15, 0.2) is 0 Å². The zero-order chi connectivity index (χ0) is 11.5. The third-order valence-corrected chi connectivity index (χ3v) is 1.99. The molecule has 0 aliphatic carbocycles. The molecule has 0 atom stereocenters. The van der Waals surface area contributed by atoms with Crippen molar-refractivity contribution >= 4 is 17.6 Å². The van der Waals surface area contributed by atoms with Crippen LogP contribution in [0.15, 0.2) is 24.5 Å². The third-order valence-electron chi connectivity index (χ3n) is 1.99. The van der Waals surface area contributed by atoms with Gasteiger partial charge in [0, 0.05) is 6.20 Å². The van der Waals surface area contributed by atoms with E-state index in [1.165, 1.54) is 6.20 Å². The Morgan fingerprint density at radius 1 is 1.44 bits per heavy atom. The Kier molecular flexibility index (Phi) is 2.42. The van der Waals surface area contributed by atoms with Crippen molar-refractivity contribution in [2.45, 2.75) is 0 Å². The summed E-state index contributed by atoms with van der Waals surface area (Å²) >= 11 is 0. The minimum atomic E-state index is -0.657. The number of amides is 2. The van der Waals surface area contributed by atoms with Crippen LogP contribution in [0.2, 0.25) is 0 Å². The van der Waals surface area contributed by atoms with E-state index in [-0.39, 0.29) is 17.3 Å². The van der Waals surface area contributed by atoms with Crippen LogP contribution in [0.1, 0.15) is 20.8 Å². The van der Waals surface area contributed by atoms with Crippen LogP contribution in [0.5, 0.6) is 0 Å². The molecule has 82 valence electrons. The number of aromatic amines is 2. The molecule has 0 bridgehead atoms. The fourth-order valence-corrected chi connectivity index (χ4v) is 1.22. The second kappa shape index (κ2) is 3.89. The van der Waals surface area contributed by atoms with Gasteiger partial charge in [0.25, 0.3) is 11.8 Å². The summed E-state index contributed by atoms with van der Waals surface area (Å²) < 4.78 is 0. The summed E-state index contributed by atoms with van der Waals surface area (Å²) in [5.41, 5.74) is 5.61. The minimum Gasteiger partial charge on any atom is -0.365 e. The van der Waals surface area contributed by atoms with E-state index in [2.05, 4.69) is 20.5 Å². The van der Waals surface area contributed by atoms with Crippen LogP contribution in [0.25, 0.3) is 0 Å². The van der Waals surface area contributed by atoms with Crippen molar-refractivity contribution in [3.05, 3.63) is 35.8 Å². The van der Waals surface area contributed by atoms with Gasteiger partial charge in [-0.1, -0.05) is 0 Å². The number of aromatic nitrogens is 3. The molecule has 0 saturated heterocycles. The van der Waals surface area contributed by atoms with Crippen LogP contribution < -0.4 is 11.1 Å². The highest BCUT2D eigenvalue weighted by Gasteiger charge is 2.14. The molecule has 0 aliphatic heterocycles. The number of nitrogens with one attached hydrogen (secondary N) is 3. The van der Waals surface area contributed by atoms with Crippen LogP contribution >= 0.6 is 0 Å². The van der Waals surface area contributed by atoms with Gasteiger partial charge in [-0.05, 0) is 12.1 Å². The molecule has 0 saturated carbocycles. The summed E-state index contributed by atoms with van der Waals surface area (Å²) in [4.78, 5) is 25.3. The maximum atomic E-state index is 11.6. The molecule has 2 heterocycles. The third kappa shape index (κ3) is 1.78. The van der Waals surface area contributed by atoms with Gasteiger partial charge in [-0.15, -0.1) is 0 Å². The van der Waals surface area contributed by atoms with Gasteiger partial charge in [-0.25, -0.2) is 0 Å². The summed E-state index contributed by atoms with van der Waals surface area (Å²) in [5, 5.41) is 8.60. The van der Waals surface area contributed by atoms with E-state index in [4.69, 9.17) is 5.73 Å². The molecule has 7 heteroatoms. The Morgan fingerprint density at radius 3 is 2.88 bits per heavy atom. The number of carbonyl (C=O) groups is 2. The molecule has 2 aromatic rings. The van der Waals surface area contributed by atoms with Gasteiger partial charge >= 0.3 is 0 Å². The smallest absolute Gasteiger partial charge is 0.273 e. The van der Waals surface area contributed by atoms with Crippen LogP contribution in [0.3, 0.4) is 0 Å². The predicted octanol–water partition coefficient (Wildman–Crippen LogP) is 0.0890. The first-order chi connectivity index (χ1) is 7.68. The van der Waals surface area contributed by atoms with Gasteiger partial charge in [0.2, 0.25) is 0 Å². The normalized spacial score (nSPS) is 10.0. The number of hydrogen-bond donors (Lipinski definition) is 4. The summed E-state index contributed by atoms with van der Waals surface area (Å²) in [6.07, 6.45) is 2.88. The first-order valence-corrected chi connectivity index (χ1v) is 4.46. The Labute approximate surface area is 90.0 Å². The molecule has 2 amide bonds. The van der Waals surface area contributed by atoms with Crippen molar-refractivity contribution in [1.29, 1.82) is 0 Å². The molecule has 0 radical (unpaired) electrons. The lowest BCUT2D eigenvalue weighted by atomic mass is 10.3. The summed E-state index contributed by atoms with van der Waals surface area (Å²) in [5.74, 6) is -0.848. The molecule has 0 unspecified atom stereocenters. The molecule has 0 aromatic carbocycles. The number of hydrogen-bond acceptors (Lipinski definition) is 3. The monoisotopic (exact) mass is 219 g/mol. The molecular formula is C9H9N5O2. The van der Waals surface area contributed by atoms with Gasteiger partial charge in [-0.2, -0.15) is 5.10 Å². The fourth-order valence-electron chi connectivity index (χ4n) is 1.22. The Morgan fingerprint density at radius 2 is 2.25 bits per heavy atom. The second-order valence-electron chi connectivity index (χ2n) is 3.06. The van der Waals surface area contributed by atoms with Crippen LogP contribution in [-0.4, -0.2) is 27.0 Å². The lowest BCUT2D eigenvalue weighted by Crippen LogP contribution is -2.17. The molecule has 0 aliphatic rings. The summed E-state index contributed by atoms with van der Waals surface area (Å²) in [6.45, 7) is 0. The largest absolute Gasteiger partial charge is 0.365 e. The minimum absolute atomic E-state index is 0.139. The van der Waals surface area contributed by atoms with Gasteiger partial charge in [-0.3, -0.25) is 14.7 Å². The Bertz CT molecular complexity index is 514. The first-order valence-electron chi connectivity index (χ1n) is 4.46. The average Bonchev–Trinajstić information content (AvgIpc) is 2.86. The standard InChI is InChI=1S/C9H9N5O2/c10-7(15)5-4-12-14-8(5)13-9(16)6-2-1-3-11-6/h1-4,11H,(H2,10,15)(H2,12,13,14,16). The molecule has 16 heavy (non-hydrogen) atoms. The van der Waals surface area contributed by atoms with E-state index in [9.17, 15) is 9.59 Å². The van der Waals surface area contributed by atoms with Crippen molar-refractivity contribution in [1.82, 2.24) is 15.2 Å². The number of rotatable bonds is 3. The number of nitrogens with zero attached hydrogens (tertiary/aromatic N) is 1. The molecule has 2 aromatic heterocycles. The lowest BCUT2D eigenvalue weighted by molar-refractivity contribution is 0.100. The summed E-state index contributed by atoms with van der Waals surface area (Å²) in [7, 11) is 0. The highest BCUT2D eigenvalue weighted by molar-refractivity contribution is 6.06. The molecule has 0 fully saturated rings. The molecular weight excluding hydrogens is 210 g/mol. The van der Waals surface area contributed by atoms with Crippen LogP contribution in [0, 0.1) is 0 Å². The van der Waals surface area contributed by atoms with E-state index in [1.54, 1.807) is 18.3 Å². The van der Waals surface area contributed by atoms with E-state index in [0.717, 1.165) is 0 Å². The van der Waals surface area contributed by atoms with Gasteiger partial charge in [0.1, 0.15) is 17.1 Å². The fraction of sp³-hybridized carbons (Fsp3) is 0. The SMILES string of the molecule is NC(=O)c1cn[nH]c1NC(=O)c1ccc[nH]1. The van der Waals surface area contributed by atoms with Crippen molar-refractivity contribution in [3.8, 4) is 0 Å². The number of anilines is 1. The lowest BCUT2D eigenvalue weighted by Gasteiger charge is -2.01. The Hall–Kier alpha value is -2.57. The Balaban J connectivity index is 2.18. The molecule has 7 nitrogen and oxygen atoms in total. The van der Waals surface area contributed by atoms with Crippen molar-refractivity contribution in [2.24, 2.45) is 5.73 Å². The van der Waals surface area contributed by atoms with Crippen LogP contribution in [0.4, 0.5) is 5.82 Å². The molecule has 2 rings (SSSR count). The van der Waals surface area contributed by atoms with E-state index < -0.39 is 5.91 Å². The van der Waals surface area contributed by atoms with Crippen molar-refractivity contribution in [2.75, 3.05) is 5.32 Å². The zero-order valence-corrected chi connectivity index (χ0v) is 8.15. The zero-order valence-electron chi connectivity index (χ0n) is 8.15. The van der Waals surface area contributed by atoms with E-state index in [1.807, 2.05) is 0 Å². The van der Waals surface area contributed by atoms with Crippen molar-refractivity contribution < 1.29 is 9.59 Å². The molecule has 5 N–H and O–H groups in total. The second-order valence-corrected chi connectivity index (χ2v) is 3.06.